The van der Waals surface area contributed by atoms with E-state index in [1.165, 1.54) is 0 Å². The van der Waals surface area contributed by atoms with Crippen molar-refractivity contribution in [2.24, 2.45) is 0 Å². The molecule has 2 aromatic rings. The van der Waals surface area contributed by atoms with Crippen LogP contribution in [0.3, 0.4) is 0 Å². The number of rotatable bonds is 5. The second-order valence-electron chi connectivity index (χ2n) is 6.26. The van der Waals surface area contributed by atoms with Crippen molar-refractivity contribution in [2.45, 2.75) is 47.3 Å². The fraction of sp³-hybridized carbons (Fsp3) is 0.350. The van der Waals surface area contributed by atoms with E-state index in [4.69, 9.17) is 4.74 Å². The summed E-state index contributed by atoms with van der Waals surface area (Å²) in [5.41, 5.74) is 4.34. The first-order chi connectivity index (χ1) is 10.8. The summed E-state index contributed by atoms with van der Waals surface area (Å²) in [5, 5.41) is 0. The lowest BCUT2D eigenvalue weighted by Gasteiger charge is -2.22. The third-order valence-corrected chi connectivity index (χ3v) is 3.53. The van der Waals surface area contributed by atoms with Gasteiger partial charge in [-0.3, -0.25) is 4.79 Å². The molecule has 2 aromatic carbocycles. The third kappa shape index (κ3) is 4.85. The average Bonchev–Trinajstić information content (AvgIpc) is 2.44. The van der Waals surface area contributed by atoms with E-state index in [-0.39, 0.29) is 12.0 Å². The fourth-order valence-electron chi connectivity index (χ4n) is 2.62. The predicted octanol–water partition coefficient (Wildman–Crippen LogP) is 4.64. The Morgan fingerprint density at radius 2 is 1.61 bits per heavy atom. The zero-order valence-corrected chi connectivity index (χ0v) is 14.6. The van der Waals surface area contributed by atoms with Crippen LogP contribution < -0.4 is 9.64 Å². The molecule has 0 heterocycles. The van der Waals surface area contributed by atoms with E-state index in [9.17, 15) is 4.79 Å². The number of nitrogens with zero attached hydrogens (tertiary/aromatic N) is 1. The number of ether oxygens (including phenoxy) is 1. The maximum atomic E-state index is 12.1. The molecule has 0 aliphatic heterocycles. The molecule has 0 saturated heterocycles. The zero-order chi connectivity index (χ0) is 17.0. The van der Waals surface area contributed by atoms with Crippen molar-refractivity contribution in [1.29, 1.82) is 0 Å². The largest absolute Gasteiger partial charge is 0.491 e. The lowest BCUT2D eigenvalue weighted by Crippen LogP contribution is -2.27. The quantitative estimate of drug-likeness (QED) is 0.805. The average molecular weight is 311 g/mol. The fourth-order valence-corrected chi connectivity index (χ4v) is 2.62. The molecule has 0 atom stereocenters. The van der Waals surface area contributed by atoms with Crippen molar-refractivity contribution in [3.05, 3.63) is 59.2 Å². The van der Waals surface area contributed by atoms with Gasteiger partial charge in [0, 0.05) is 12.6 Å². The lowest BCUT2D eigenvalue weighted by molar-refractivity contribution is -0.116. The van der Waals surface area contributed by atoms with Crippen LogP contribution in [0.25, 0.3) is 0 Å². The topological polar surface area (TPSA) is 29.5 Å². The van der Waals surface area contributed by atoms with Crippen molar-refractivity contribution in [3.8, 4) is 5.75 Å². The number of benzene rings is 2. The minimum absolute atomic E-state index is 0.0394. The molecule has 0 spiro atoms. The highest BCUT2D eigenvalue weighted by molar-refractivity contribution is 5.91. The number of carbonyl (C=O) groups is 1. The van der Waals surface area contributed by atoms with Gasteiger partial charge < -0.3 is 9.64 Å². The molecule has 3 heteroatoms. The van der Waals surface area contributed by atoms with E-state index in [0.717, 1.165) is 28.1 Å². The Kier molecular flexibility index (Phi) is 5.43. The number of anilines is 1. The Hall–Kier alpha value is -2.29. The molecular formula is C20H25NO2. The Morgan fingerprint density at radius 3 is 2.09 bits per heavy atom. The van der Waals surface area contributed by atoms with E-state index >= 15 is 0 Å². The highest BCUT2D eigenvalue weighted by Gasteiger charge is 2.13. The molecule has 122 valence electrons. The van der Waals surface area contributed by atoms with Crippen molar-refractivity contribution < 1.29 is 9.53 Å². The maximum Gasteiger partial charge on any atom is 0.224 e. The molecule has 2 rings (SSSR count). The van der Waals surface area contributed by atoms with Crippen LogP contribution in [0.2, 0.25) is 0 Å². The molecule has 0 aromatic heterocycles. The summed E-state index contributed by atoms with van der Waals surface area (Å²) in [6.45, 7) is 10.3. The first-order valence-electron chi connectivity index (χ1n) is 7.97. The van der Waals surface area contributed by atoms with Crippen LogP contribution >= 0.6 is 0 Å². The van der Waals surface area contributed by atoms with Gasteiger partial charge in [0.1, 0.15) is 5.75 Å². The minimum atomic E-state index is 0.0394. The van der Waals surface area contributed by atoms with Gasteiger partial charge in [0.25, 0.3) is 0 Å². The van der Waals surface area contributed by atoms with Gasteiger partial charge in [-0.2, -0.15) is 0 Å². The van der Waals surface area contributed by atoms with E-state index in [2.05, 4.69) is 6.07 Å². The SMILES string of the molecule is CC(=O)N(Cc1ccc(OC(C)C)cc1)c1cc(C)cc(C)c1. The van der Waals surface area contributed by atoms with Gasteiger partial charge >= 0.3 is 0 Å². The van der Waals surface area contributed by atoms with Crippen molar-refractivity contribution in [1.82, 2.24) is 0 Å². The molecule has 3 nitrogen and oxygen atoms in total. The van der Waals surface area contributed by atoms with Gasteiger partial charge in [0.15, 0.2) is 0 Å². The van der Waals surface area contributed by atoms with Crippen LogP contribution in [0.15, 0.2) is 42.5 Å². The van der Waals surface area contributed by atoms with Crippen molar-refractivity contribution in [2.75, 3.05) is 4.90 Å². The minimum Gasteiger partial charge on any atom is -0.491 e. The second kappa shape index (κ2) is 7.32. The van der Waals surface area contributed by atoms with Gasteiger partial charge in [-0.05, 0) is 68.7 Å². The molecule has 0 aliphatic carbocycles. The van der Waals surface area contributed by atoms with E-state index in [1.54, 1.807) is 11.8 Å². The van der Waals surface area contributed by atoms with Crippen molar-refractivity contribution >= 4 is 11.6 Å². The predicted molar refractivity (Wildman–Crippen MR) is 95.0 cm³/mol. The van der Waals surface area contributed by atoms with Gasteiger partial charge in [0.05, 0.1) is 12.6 Å². The normalized spacial score (nSPS) is 10.7. The number of amides is 1. The van der Waals surface area contributed by atoms with Gasteiger partial charge in [-0.15, -0.1) is 0 Å². The monoisotopic (exact) mass is 311 g/mol. The summed E-state index contributed by atoms with van der Waals surface area (Å²) < 4.78 is 5.66. The van der Waals surface area contributed by atoms with Gasteiger partial charge in [-0.1, -0.05) is 18.2 Å². The molecule has 0 bridgehead atoms. The molecule has 23 heavy (non-hydrogen) atoms. The number of aryl methyl sites for hydroxylation is 2. The Bertz CT molecular complexity index is 654. The van der Waals surface area contributed by atoms with Crippen LogP contribution in [-0.4, -0.2) is 12.0 Å². The van der Waals surface area contributed by atoms with Gasteiger partial charge in [0.2, 0.25) is 5.91 Å². The van der Waals surface area contributed by atoms with E-state index in [1.807, 2.05) is 64.1 Å². The van der Waals surface area contributed by atoms with Crippen LogP contribution in [0.4, 0.5) is 5.69 Å². The highest BCUT2D eigenvalue weighted by Crippen LogP contribution is 2.22. The zero-order valence-electron chi connectivity index (χ0n) is 14.6. The maximum absolute atomic E-state index is 12.1. The van der Waals surface area contributed by atoms with Crippen molar-refractivity contribution in [3.63, 3.8) is 0 Å². The molecule has 0 fully saturated rings. The van der Waals surface area contributed by atoms with Crippen LogP contribution in [0.5, 0.6) is 5.75 Å². The van der Waals surface area contributed by atoms with Crippen LogP contribution in [0.1, 0.15) is 37.5 Å². The molecule has 1 amide bonds. The number of carbonyl (C=O) groups excluding carboxylic acids is 1. The smallest absolute Gasteiger partial charge is 0.224 e. The lowest BCUT2D eigenvalue weighted by atomic mass is 10.1. The Balaban J connectivity index is 2.21. The molecule has 0 radical (unpaired) electrons. The Labute approximate surface area is 138 Å². The molecular weight excluding hydrogens is 286 g/mol. The summed E-state index contributed by atoms with van der Waals surface area (Å²) in [4.78, 5) is 13.9. The highest BCUT2D eigenvalue weighted by atomic mass is 16.5. The summed E-state index contributed by atoms with van der Waals surface area (Å²) >= 11 is 0. The Morgan fingerprint density at radius 1 is 1.04 bits per heavy atom. The first kappa shape index (κ1) is 17.1. The van der Waals surface area contributed by atoms with E-state index < -0.39 is 0 Å². The number of hydrogen-bond acceptors (Lipinski definition) is 2. The molecule has 0 N–H and O–H groups in total. The molecule has 0 unspecified atom stereocenters. The second-order valence-corrected chi connectivity index (χ2v) is 6.26. The first-order valence-corrected chi connectivity index (χ1v) is 7.97. The summed E-state index contributed by atoms with van der Waals surface area (Å²) in [5.74, 6) is 0.891. The third-order valence-electron chi connectivity index (χ3n) is 3.53. The molecule has 0 aliphatic rings. The molecule has 0 saturated carbocycles. The summed E-state index contributed by atoms with van der Waals surface area (Å²) in [6, 6.07) is 14.1. The summed E-state index contributed by atoms with van der Waals surface area (Å²) in [6.07, 6.45) is 0.157. The van der Waals surface area contributed by atoms with Crippen LogP contribution in [-0.2, 0) is 11.3 Å². The van der Waals surface area contributed by atoms with E-state index in [0.29, 0.717) is 6.54 Å². The van der Waals surface area contributed by atoms with Gasteiger partial charge in [-0.25, -0.2) is 0 Å². The van der Waals surface area contributed by atoms with Crippen LogP contribution in [0, 0.1) is 13.8 Å². The number of hydrogen-bond donors (Lipinski definition) is 0. The summed E-state index contributed by atoms with van der Waals surface area (Å²) in [7, 11) is 0. The standard InChI is InChI=1S/C20H25NO2/c1-14(2)23-20-8-6-18(7-9-20)13-21(17(5)22)19-11-15(3)10-16(4)12-19/h6-12,14H,13H2,1-5H3.